The molecule has 1 heterocycles. The zero-order valence-corrected chi connectivity index (χ0v) is 9.29. The van der Waals surface area contributed by atoms with Crippen molar-refractivity contribution in [3.05, 3.63) is 0 Å². The van der Waals surface area contributed by atoms with E-state index in [2.05, 4.69) is 26.1 Å². The standard InChI is InChI=1S/C10H21N3O/c1-7(2)9-6-13(10(14)12-9)8(3)4-5-11/h7-9H,4-6,11H2,1-3H3,(H,12,14). The summed E-state index contributed by atoms with van der Waals surface area (Å²) in [5, 5.41) is 2.99. The number of carbonyl (C=O) groups is 1. The molecule has 1 aliphatic rings. The van der Waals surface area contributed by atoms with E-state index in [1.807, 2.05) is 4.90 Å². The number of nitrogens with zero attached hydrogens (tertiary/aromatic N) is 1. The maximum absolute atomic E-state index is 11.6. The normalized spacial score (nSPS) is 24.2. The molecular formula is C10H21N3O. The fraction of sp³-hybridized carbons (Fsp3) is 0.900. The molecule has 14 heavy (non-hydrogen) atoms. The molecule has 4 heteroatoms. The number of rotatable bonds is 4. The van der Waals surface area contributed by atoms with Crippen molar-refractivity contribution < 1.29 is 4.79 Å². The van der Waals surface area contributed by atoms with Crippen LogP contribution in [0.2, 0.25) is 0 Å². The van der Waals surface area contributed by atoms with Crippen LogP contribution in [0.1, 0.15) is 27.2 Å². The molecule has 1 saturated heterocycles. The van der Waals surface area contributed by atoms with Crippen LogP contribution in [0.5, 0.6) is 0 Å². The third-order valence-electron chi connectivity index (χ3n) is 2.88. The second-order valence-corrected chi connectivity index (χ2v) is 4.38. The quantitative estimate of drug-likeness (QED) is 0.702. The molecular weight excluding hydrogens is 178 g/mol. The predicted molar refractivity (Wildman–Crippen MR) is 57.0 cm³/mol. The Morgan fingerprint density at radius 1 is 1.57 bits per heavy atom. The third-order valence-corrected chi connectivity index (χ3v) is 2.88. The molecule has 0 aromatic rings. The summed E-state index contributed by atoms with van der Waals surface area (Å²) in [4.78, 5) is 13.5. The van der Waals surface area contributed by atoms with Gasteiger partial charge in [0.1, 0.15) is 0 Å². The van der Waals surface area contributed by atoms with Gasteiger partial charge in [-0.05, 0) is 25.8 Å². The summed E-state index contributed by atoms with van der Waals surface area (Å²) in [6, 6.07) is 0.608. The van der Waals surface area contributed by atoms with Gasteiger partial charge < -0.3 is 16.0 Å². The van der Waals surface area contributed by atoms with Crippen LogP contribution < -0.4 is 11.1 Å². The van der Waals surface area contributed by atoms with Gasteiger partial charge in [0.15, 0.2) is 0 Å². The van der Waals surface area contributed by atoms with E-state index in [-0.39, 0.29) is 12.1 Å². The van der Waals surface area contributed by atoms with E-state index >= 15 is 0 Å². The molecule has 0 spiro atoms. The third kappa shape index (κ3) is 2.38. The summed E-state index contributed by atoms with van der Waals surface area (Å²) in [5.74, 6) is 0.494. The fourth-order valence-electron chi connectivity index (χ4n) is 1.74. The van der Waals surface area contributed by atoms with Gasteiger partial charge in [-0.25, -0.2) is 4.79 Å². The monoisotopic (exact) mass is 199 g/mol. The van der Waals surface area contributed by atoms with E-state index in [9.17, 15) is 4.79 Å². The smallest absolute Gasteiger partial charge is 0.317 e. The number of hydrogen-bond acceptors (Lipinski definition) is 2. The van der Waals surface area contributed by atoms with E-state index < -0.39 is 0 Å². The van der Waals surface area contributed by atoms with Crippen LogP contribution in [0, 0.1) is 5.92 Å². The van der Waals surface area contributed by atoms with Crippen LogP contribution >= 0.6 is 0 Å². The van der Waals surface area contributed by atoms with Crippen molar-refractivity contribution >= 4 is 6.03 Å². The average Bonchev–Trinajstić information content (AvgIpc) is 2.48. The van der Waals surface area contributed by atoms with Crippen LogP contribution in [0.25, 0.3) is 0 Å². The van der Waals surface area contributed by atoms with E-state index in [1.54, 1.807) is 0 Å². The van der Waals surface area contributed by atoms with Crippen LogP contribution in [-0.2, 0) is 0 Å². The molecule has 0 radical (unpaired) electrons. The van der Waals surface area contributed by atoms with Gasteiger partial charge in [-0.2, -0.15) is 0 Å². The fourth-order valence-corrected chi connectivity index (χ4v) is 1.74. The minimum absolute atomic E-state index is 0.0599. The van der Waals surface area contributed by atoms with Gasteiger partial charge in [0.2, 0.25) is 0 Å². The van der Waals surface area contributed by atoms with Crippen molar-refractivity contribution in [1.29, 1.82) is 0 Å². The lowest BCUT2D eigenvalue weighted by molar-refractivity contribution is 0.199. The van der Waals surface area contributed by atoms with E-state index in [1.165, 1.54) is 0 Å². The highest BCUT2D eigenvalue weighted by molar-refractivity contribution is 5.77. The first-order valence-electron chi connectivity index (χ1n) is 5.33. The van der Waals surface area contributed by atoms with Crippen molar-refractivity contribution in [1.82, 2.24) is 10.2 Å². The summed E-state index contributed by atoms with van der Waals surface area (Å²) >= 11 is 0. The van der Waals surface area contributed by atoms with Gasteiger partial charge in [-0.3, -0.25) is 0 Å². The Labute approximate surface area is 85.8 Å². The summed E-state index contributed by atoms with van der Waals surface area (Å²) in [7, 11) is 0. The van der Waals surface area contributed by atoms with Gasteiger partial charge in [0.25, 0.3) is 0 Å². The van der Waals surface area contributed by atoms with Crippen LogP contribution in [0.4, 0.5) is 4.79 Å². The van der Waals surface area contributed by atoms with Gasteiger partial charge in [-0.1, -0.05) is 13.8 Å². The lowest BCUT2D eigenvalue weighted by Crippen LogP contribution is -2.37. The number of carbonyl (C=O) groups excluding carboxylic acids is 1. The topological polar surface area (TPSA) is 58.4 Å². The van der Waals surface area contributed by atoms with Gasteiger partial charge in [0, 0.05) is 12.6 Å². The summed E-state index contributed by atoms with van der Waals surface area (Å²) < 4.78 is 0. The van der Waals surface area contributed by atoms with Crippen molar-refractivity contribution in [2.75, 3.05) is 13.1 Å². The molecule has 0 saturated carbocycles. The Morgan fingerprint density at radius 3 is 2.64 bits per heavy atom. The van der Waals surface area contributed by atoms with Gasteiger partial charge >= 0.3 is 6.03 Å². The number of hydrogen-bond donors (Lipinski definition) is 2. The zero-order chi connectivity index (χ0) is 10.7. The predicted octanol–water partition coefficient (Wildman–Crippen LogP) is 0.774. The maximum atomic E-state index is 11.6. The molecule has 1 rings (SSSR count). The Balaban J connectivity index is 2.52. The SMILES string of the molecule is CC(C)C1CN(C(C)CCN)C(=O)N1. The van der Waals surface area contributed by atoms with Crippen molar-refractivity contribution in [2.45, 2.75) is 39.3 Å². The minimum Gasteiger partial charge on any atom is -0.333 e. The lowest BCUT2D eigenvalue weighted by atomic mass is 10.1. The minimum atomic E-state index is 0.0599. The van der Waals surface area contributed by atoms with E-state index in [4.69, 9.17) is 5.73 Å². The Morgan fingerprint density at radius 2 is 2.21 bits per heavy atom. The van der Waals surface area contributed by atoms with Crippen molar-refractivity contribution in [3.8, 4) is 0 Å². The van der Waals surface area contributed by atoms with Gasteiger partial charge in [-0.15, -0.1) is 0 Å². The Hall–Kier alpha value is -0.770. The van der Waals surface area contributed by atoms with Gasteiger partial charge in [0.05, 0.1) is 6.04 Å². The first-order valence-corrected chi connectivity index (χ1v) is 5.33. The first-order chi connectivity index (χ1) is 6.56. The summed E-state index contributed by atoms with van der Waals surface area (Å²) in [5.41, 5.74) is 5.48. The molecule has 3 N–H and O–H groups in total. The largest absolute Gasteiger partial charge is 0.333 e. The average molecular weight is 199 g/mol. The molecule has 1 fully saturated rings. The lowest BCUT2D eigenvalue weighted by Gasteiger charge is -2.23. The van der Waals surface area contributed by atoms with E-state index in [0.29, 0.717) is 18.5 Å². The Kier molecular flexibility index (Phi) is 3.75. The number of nitrogens with one attached hydrogen (secondary N) is 1. The molecule has 0 aromatic carbocycles. The first kappa shape index (κ1) is 11.3. The molecule has 82 valence electrons. The molecule has 2 unspecified atom stereocenters. The molecule has 0 aromatic heterocycles. The molecule has 0 bridgehead atoms. The van der Waals surface area contributed by atoms with Crippen LogP contribution in [0.3, 0.4) is 0 Å². The highest BCUT2D eigenvalue weighted by atomic mass is 16.2. The van der Waals surface area contributed by atoms with Crippen LogP contribution in [-0.4, -0.2) is 36.1 Å². The number of urea groups is 1. The van der Waals surface area contributed by atoms with Crippen molar-refractivity contribution in [3.63, 3.8) is 0 Å². The molecule has 1 aliphatic heterocycles. The Bertz CT molecular complexity index is 206. The molecule has 2 atom stereocenters. The molecule has 4 nitrogen and oxygen atoms in total. The highest BCUT2D eigenvalue weighted by Gasteiger charge is 2.32. The van der Waals surface area contributed by atoms with Crippen molar-refractivity contribution in [2.24, 2.45) is 11.7 Å². The number of amides is 2. The van der Waals surface area contributed by atoms with Crippen LogP contribution in [0.15, 0.2) is 0 Å². The summed E-state index contributed by atoms with van der Waals surface area (Å²) in [6.45, 7) is 7.76. The summed E-state index contributed by atoms with van der Waals surface area (Å²) in [6.07, 6.45) is 0.873. The van der Waals surface area contributed by atoms with E-state index in [0.717, 1.165) is 13.0 Å². The second-order valence-electron chi connectivity index (χ2n) is 4.38. The zero-order valence-electron chi connectivity index (χ0n) is 9.29. The number of nitrogens with two attached hydrogens (primary N) is 1. The maximum Gasteiger partial charge on any atom is 0.317 e. The second kappa shape index (κ2) is 4.64. The molecule has 2 amide bonds. The highest BCUT2D eigenvalue weighted by Crippen LogP contribution is 2.15. The molecule has 0 aliphatic carbocycles.